The summed E-state index contributed by atoms with van der Waals surface area (Å²) in [7, 11) is 0. The van der Waals surface area contributed by atoms with Crippen LogP contribution in [0.4, 0.5) is 0 Å². The number of furan rings is 1. The molecule has 3 aromatic rings. The third-order valence-electron chi connectivity index (χ3n) is 4.91. The highest BCUT2D eigenvalue weighted by Crippen LogP contribution is 2.29. The van der Waals surface area contributed by atoms with Crippen molar-refractivity contribution in [1.82, 2.24) is 10.6 Å². The normalized spacial score (nSPS) is 16.6. The minimum atomic E-state index is -0.197. The molecular weight excluding hydrogens is 356 g/mol. The molecule has 0 spiro atoms. The van der Waals surface area contributed by atoms with E-state index in [0.29, 0.717) is 48.6 Å². The lowest BCUT2D eigenvalue weighted by Crippen LogP contribution is -2.47. The third-order valence-corrected chi connectivity index (χ3v) is 4.91. The average Bonchev–Trinajstić information content (AvgIpc) is 3.04. The molecule has 1 aromatic heterocycles. The lowest BCUT2D eigenvalue weighted by Gasteiger charge is -2.23. The first-order chi connectivity index (χ1) is 13.6. The Morgan fingerprint density at radius 1 is 1.25 bits per heavy atom. The van der Waals surface area contributed by atoms with Crippen LogP contribution in [0.15, 0.2) is 52.9 Å². The van der Waals surface area contributed by atoms with Gasteiger partial charge in [0.1, 0.15) is 23.7 Å². The summed E-state index contributed by atoms with van der Waals surface area (Å²) in [5.74, 6) is 1.07. The maximum atomic E-state index is 12.9. The molecule has 2 heterocycles. The molecule has 4 rings (SSSR count). The van der Waals surface area contributed by atoms with Gasteiger partial charge in [0.25, 0.3) is 5.91 Å². The highest BCUT2D eigenvalue weighted by molar-refractivity contribution is 6.07. The van der Waals surface area contributed by atoms with E-state index in [1.807, 2.05) is 48.5 Å². The molecule has 1 saturated heterocycles. The maximum absolute atomic E-state index is 12.9. The molecule has 0 radical (unpaired) electrons. The molecule has 0 aliphatic carbocycles. The summed E-state index contributed by atoms with van der Waals surface area (Å²) < 4.78 is 11.6. The molecule has 2 N–H and O–H groups in total. The van der Waals surface area contributed by atoms with Crippen LogP contribution < -0.4 is 15.4 Å². The first kappa shape index (κ1) is 18.1. The molecule has 0 bridgehead atoms. The van der Waals surface area contributed by atoms with Gasteiger partial charge in [0.05, 0.1) is 5.56 Å². The lowest BCUT2D eigenvalue weighted by atomic mass is 10.1. The first-order valence-corrected chi connectivity index (χ1v) is 9.37. The quantitative estimate of drug-likeness (QED) is 0.714. The van der Waals surface area contributed by atoms with Gasteiger partial charge in [0.15, 0.2) is 0 Å². The molecule has 144 valence electrons. The second-order valence-electron chi connectivity index (χ2n) is 6.98. The Hall–Kier alpha value is -3.28. The third kappa shape index (κ3) is 3.86. The summed E-state index contributed by atoms with van der Waals surface area (Å²) in [6.45, 7) is 2.68. The second-order valence-corrected chi connectivity index (χ2v) is 6.98. The molecule has 1 aliphatic heterocycles. The summed E-state index contributed by atoms with van der Waals surface area (Å²) in [4.78, 5) is 24.2. The van der Waals surface area contributed by atoms with E-state index in [1.165, 1.54) is 0 Å². The van der Waals surface area contributed by atoms with Gasteiger partial charge in [-0.25, -0.2) is 0 Å². The zero-order valence-corrected chi connectivity index (χ0v) is 15.7. The van der Waals surface area contributed by atoms with Crippen molar-refractivity contribution in [2.75, 3.05) is 6.54 Å². The van der Waals surface area contributed by atoms with E-state index in [4.69, 9.17) is 9.15 Å². The van der Waals surface area contributed by atoms with Gasteiger partial charge in [0, 0.05) is 24.4 Å². The number of carbonyl (C=O) groups excluding carboxylic acids is 2. The average molecular weight is 378 g/mol. The van der Waals surface area contributed by atoms with E-state index in [9.17, 15) is 9.59 Å². The fourth-order valence-electron chi connectivity index (χ4n) is 3.43. The smallest absolute Gasteiger partial charge is 0.255 e. The number of nitrogens with one attached hydrogen (secondary N) is 2. The lowest BCUT2D eigenvalue weighted by molar-refractivity contribution is -0.122. The van der Waals surface area contributed by atoms with E-state index >= 15 is 0 Å². The number of aryl methyl sites for hydroxylation is 1. The van der Waals surface area contributed by atoms with Gasteiger partial charge in [-0.3, -0.25) is 9.59 Å². The highest BCUT2D eigenvalue weighted by Gasteiger charge is 2.24. The van der Waals surface area contributed by atoms with Crippen LogP contribution in [-0.2, 0) is 11.4 Å². The van der Waals surface area contributed by atoms with Crippen molar-refractivity contribution >= 4 is 22.8 Å². The summed E-state index contributed by atoms with van der Waals surface area (Å²) in [5, 5.41) is 6.50. The summed E-state index contributed by atoms with van der Waals surface area (Å²) in [6, 6.07) is 15.3. The van der Waals surface area contributed by atoms with Crippen LogP contribution in [0.3, 0.4) is 0 Å². The molecule has 2 amide bonds. The Bertz CT molecular complexity index is 1000. The Labute approximate surface area is 162 Å². The van der Waals surface area contributed by atoms with Crippen LogP contribution in [0.25, 0.3) is 11.0 Å². The molecule has 1 unspecified atom stereocenters. The van der Waals surface area contributed by atoms with Gasteiger partial charge in [-0.05, 0) is 37.1 Å². The van der Waals surface area contributed by atoms with Crippen molar-refractivity contribution < 1.29 is 18.7 Å². The van der Waals surface area contributed by atoms with Crippen molar-refractivity contribution in [3.8, 4) is 5.75 Å². The van der Waals surface area contributed by atoms with E-state index in [1.54, 1.807) is 6.92 Å². The summed E-state index contributed by atoms with van der Waals surface area (Å²) >= 11 is 0. The highest BCUT2D eigenvalue weighted by atomic mass is 16.5. The van der Waals surface area contributed by atoms with Crippen LogP contribution in [0, 0.1) is 6.92 Å². The number of hydrogen-bond donors (Lipinski definition) is 2. The molecule has 0 saturated carbocycles. The van der Waals surface area contributed by atoms with Gasteiger partial charge < -0.3 is 19.8 Å². The standard InChI is InChI=1S/C22H22N2O4/c1-14-21(22(26)24-16-7-10-20(25)23-12-16)18-11-17(8-9-19(18)28-14)27-13-15-5-3-2-4-6-15/h2-6,8-9,11,16H,7,10,12-13H2,1H3,(H,23,25)(H,24,26). The van der Waals surface area contributed by atoms with Gasteiger partial charge >= 0.3 is 0 Å². The molecular formula is C22H22N2O4. The SMILES string of the molecule is Cc1oc2ccc(OCc3ccccc3)cc2c1C(=O)NC1CCC(=O)NC1. The van der Waals surface area contributed by atoms with Crippen LogP contribution in [0.1, 0.15) is 34.5 Å². The molecule has 2 aromatic carbocycles. The monoisotopic (exact) mass is 378 g/mol. The Morgan fingerprint density at radius 2 is 2.07 bits per heavy atom. The molecule has 28 heavy (non-hydrogen) atoms. The second kappa shape index (κ2) is 7.76. The van der Waals surface area contributed by atoms with E-state index in [-0.39, 0.29) is 17.9 Å². The number of rotatable bonds is 5. The number of amides is 2. The molecule has 1 atom stereocenters. The van der Waals surface area contributed by atoms with Gasteiger partial charge in [-0.2, -0.15) is 0 Å². The predicted molar refractivity (Wildman–Crippen MR) is 105 cm³/mol. The van der Waals surface area contributed by atoms with Crippen molar-refractivity contribution in [2.24, 2.45) is 0 Å². The molecule has 6 heteroatoms. The predicted octanol–water partition coefficient (Wildman–Crippen LogP) is 3.33. The van der Waals surface area contributed by atoms with Gasteiger partial charge in [-0.15, -0.1) is 0 Å². The molecule has 1 fully saturated rings. The summed E-state index contributed by atoms with van der Waals surface area (Å²) in [6.07, 6.45) is 1.06. The Balaban J connectivity index is 1.53. The minimum Gasteiger partial charge on any atom is -0.489 e. The van der Waals surface area contributed by atoms with Crippen molar-refractivity contribution in [3.05, 3.63) is 65.4 Å². The topological polar surface area (TPSA) is 80.6 Å². The van der Waals surface area contributed by atoms with Crippen molar-refractivity contribution in [2.45, 2.75) is 32.4 Å². The van der Waals surface area contributed by atoms with Gasteiger partial charge in [0.2, 0.25) is 5.91 Å². The van der Waals surface area contributed by atoms with Crippen LogP contribution >= 0.6 is 0 Å². The van der Waals surface area contributed by atoms with E-state index < -0.39 is 0 Å². The zero-order valence-electron chi connectivity index (χ0n) is 15.7. The van der Waals surface area contributed by atoms with Gasteiger partial charge in [-0.1, -0.05) is 30.3 Å². The minimum absolute atomic E-state index is 0.0237. The first-order valence-electron chi connectivity index (χ1n) is 9.37. The Kier molecular flexibility index (Phi) is 5.02. The number of piperidine rings is 1. The number of ether oxygens (including phenoxy) is 1. The Morgan fingerprint density at radius 3 is 2.82 bits per heavy atom. The van der Waals surface area contributed by atoms with Crippen LogP contribution in [0.5, 0.6) is 5.75 Å². The largest absolute Gasteiger partial charge is 0.489 e. The van der Waals surface area contributed by atoms with E-state index in [0.717, 1.165) is 10.9 Å². The fraction of sp³-hybridized carbons (Fsp3) is 0.273. The number of hydrogen-bond acceptors (Lipinski definition) is 4. The number of fused-ring (bicyclic) bond motifs is 1. The fourth-order valence-corrected chi connectivity index (χ4v) is 3.43. The van der Waals surface area contributed by atoms with Crippen molar-refractivity contribution in [3.63, 3.8) is 0 Å². The maximum Gasteiger partial charge on any atom is 0.255 e. The number of carbonyl (C=O) groups is 2. The van der Waals surface area contributed by atoms with Crippen LogP contribution in [0.2, 0.25) is 0 Å². The summed E-state index contributed by atoms with van der Waals surface area (Å²) in [5.41, 5.74) is 2.23. The molecule has 1 aliphatic rings. The van der Waals surface area contributed by atoms with E-state index in [2.05, 4.69) is 10.6 Å². The van der Waals surface area contributed by atoms with Crippen molar-refractivity contribution in [1.29, 1.82) is 0 Å². The van der Waals surface area contributed by atoms with Crippen LogP contribution in [-0.4, -0.2) is 24.4 Å². The zero-order chi connectivity index (χ0) is 19.5. The number of benzene rings is 2. The molecule has 6 nitrogen and oxygen atoms in total.